The third kappa shape index (κ3) is 2.30. The molecule has 1 aromatic heterocycles. The van der Waals surface area contributed by atoms with E-state index in [1.165, 1.54) is 0 Å². The number of fused-ring (bicyclic) bond motifs is 1. The maximum Gasteiger partial charge on any atom is 0.417 e. The number of nitrogens with one attached hydrogen (secondary N) is 2. The van der Waals surface area contributed by atoms with E-state index >= 15 is 0 Å². The van der Waals surface area contributed by atoms with Gasteiger partial charge in [-0.2, -0.15) is 0 Å². The van der Waals surface area contributed by atoms with Crippen molar-refractivity contribution in [2.75, 3.05) is 22.6 Å². The van der Waals surface area contributed by atoms with Gasteiger partial charge in [-0.15, -0.1) is 0 Å². The number of nitrogen functional groups attached to an aromatic ring is 1. The minimum Gasteiger partial charge on any atom is -0.408 e. The summed E-state index contributed by atoms with van der Waals surface area (Å²) >= 11 is 0. The van der Waals surface area contributed by atoms with Crippen LogP contribution in [-0.4, -0.2) is 30.9 Å². The van der Waals surface area contributed by atoms with Crippen molar-refractivity contribution in [3.8, 4) is 0 Å². The maximum atomic E-state index is 11.4. The Morgan fingerprint density at radius 2 is 2.21 bits per heavy atom. The molecule has 1 unspecified atom stereocenters. The lowest BCUT2D eigenvalue weighted by molar-refractivity contribution is 0.555. The average molecular weight is 283 g/mol. The topological polar surface area (TPSA) is 118 Å². The number of aromatic amines is 1. The molecule has 1 aliphatic rings. The molecule has 0 saturated carbocycles. The minimum atomic E-state index is -2.95. The molecular weight excluding hydrogens is 270 g/mol. The van der Waals surface area contributed by atoms with Crippen molar-refractivity contribution in [3.63, 3.8) is 0 Å². The van der Waals surface area contributed by atoms with E-state index < -0.39 is 15.6 Å². The first-order valence-corrected chi connectivity index (χ1v) is 7.64. The van der Waals surface area contributed by atoms with Crippen LogP contribution in [0.2, 0.25) is 0 Å². The number of hydrogen-bond donors (Lipinski definition) is 3. The largest absolute Gasteiger partial charge is 0.417 e. The van der Waals surface area contributed by atoms with Crippen LogP contribution >= 0.6 is 0 Å². The fourth-order valence-electron chi connectivity index (χ4n) is 2.27. The van der Waals surface area contributed by atoms with Crippen LogP contribution in [0.15, 0.2) is 21.3 Å². The summed E-state index contributed by atoms with van der Waals surface area (Å²) in [7, 11) is -2.95. The first kappa shape index (κ1) is 12.1. The van der Waals surface area contributed by atoms with Crippen molar-refractivity contribution in [2.45, 2.75) is 12.5 Å². The Labute approximate surface area is 108 Å². The van der Waals surface area contributed by atoms with Crippen LogP contribution in [0.4, 0.5) is 11.4 Å². The highest BCUT2D eigenvalue weighted by Gasteiger charge is 2.28. The Balaban J connectivity index is 1.92. The van der Waals surface area contributed by atoms with Gasteiger partial charge in [0.2, 0.25) is 0 Å². The minimum absolute atomic E-state index is 0.104. The molecule has 0 aliphatic carbocycles. The standard InChI is InChI=1S/C11H13N3O4S/c12-7-3-10-9(14-11(15)18-10)4-8(7)13-6-1-2-19(16,17)5-6/h3-4,6,13H,1-2,5,12H2,(H,14,15). The van der Waals surface area contributed by atoms with E-state index in [1.807, 2.05) is 0 Å². The summed E-state index contributed by atoms with van der Waals surface area (Å²) in [5.41, 5.74) is 7.79. The van der Waals surface area contributed by atoms with E-state index in [0.717, 1.165) is 0 Å². The van der Waals surface area contributed by atoms with E-state index in [9.17, 15) is 13.2 Å². The molecule has 1 aromatic carbocycles. The first-order valence-electron chi connectivity index (χ1n) is 5.82. The SMILES string of the molecule is Nc1cc2oc(=O)[nH]c2cc1NC1CCS(=O)(=O)C1. The van der Waals surface area contributed by atoms with E-state index in [2.05, 4.69) is 10.3 Å². The van der Waals surface area contributed by atoms with Crippen molar-refractivity contribution >= 4 is 32.3 Å². The second kappa shape index (κ2) is 4.02. The quantitative estimate of drug-likeness (QED) is 0.682. The molecule has 2 aromatic rings. The average Bonchev–Trinajstić information content (AvgIpc) is 2.81. The lowest BCUT2D eigenvalue weighted by atomic mass is 10.2. The molecule has 19 heavy (non-hydrogen) atoms. The number of hydrogen-bond acceptors (Lipinski definition) is 6. The number of rotatable bonds is 2. The van der Waals surface area contributed by atoms with Crippen molar-refractivity contribution in [1.82, 2.24) is 4.98 Å². The smallest absolute Gasteiger partial charge is 0.408 e. The fourth-order valence-corrected chi connectivity index (χ4v) is 3.94. The van der Waals surface area contributed by atoms with Crippen LogP contribution in [-0.2, 0) is 9.84 Å². The zero-order valence-electron chi connectivity index (χ0n) is 9.97. The Hall–Kier alpha value is -1.96. The van der Waals surface area contributed by atoms with Gasteiger partial charge in [-0.1, -0.05) is 0 Å². The molecule has 1 fully saturated rings. The van der Waals surface area contributed by atoms with Gasteiger partial charge >= 0.3 is 5.76 Å². The highest BCUT2D eigenvalue weighted by Crippen LogP contribution is 2.26. The normalized spacial score (nSPS) is 21.8. The summed E-state index contributed by atoms with van der Waals surface area (Å²) in [6.45, 7) is 0. The number of benzene rings is 1. The van der Waals surface area contributed by atoms with Crippen molar-refractivity contribution in [3.05, 3.63) is 22.7 Å². The number of H-pyrrole nitrogens is 1. The number of aromatic nitrogens is 1. The maximum absolute atomic E-state index is 11.4. The summed E-state index contributed by atoms with van der Waals surface area (Å²) < 4.78 is 27.7. The third-order valence-electron chi connectivity index (χ3n) is 3.18. The van der Waals surface area contributed by atoms with Crippen LogP contribution in [0.25, 0.3) is 11.1 Å². The van der Waals surface area contributed by atoms with Gasteiger partial charge in [-0.25, -0.2) is 13.2 Å². The zero-order chi connectivity index (χ0) is 13.6. The van der Waals surface area contributed by atoms with Crippen LogP contribution in [0, 0.1) is 0 Å². The molecule has 102 valence electrons. The van der Waals surface area contributed by atoms with Crippen LogP contribution < -0.4 is 16.8 Å². The molecule has 2 heterocycles. The molecule has 0 amide bonds. The van der Waals surface area contributed by atoms with Gasteiger partial charge in [0.25, 0.3) is 0 Å². The van der Waals surface area contributed by atoms with Crippen molar-refractivity contribution < 1.29 is 12.8 Å². The summed E-state index contributed by atoms with van der Waals surface area (Å²) in [4.78, 5) is 13.6. The molecule has 4 N–H and O–H groups in total. The van der Waals surface area contributed by atoms with E-state index in [1.54, 1.807) is 12.1 Å². The Kier molecular flexibility index (Phi) is 2.56. The van der Waals surface area contributed by atoms with Gasteiger partial charge in [-0.3, -0.25) is 4.98 Å². The van der Waals surface area contributed by atoms with E-state index in [0.29, 0.717) is 28.9 Å². The zero-order valence-corrected chi connectivity index (χ0v) is 10.8. The van der Waals surface area contributed by atoms with E-state index in [4.69, 9.17) is 10.2 Å². The molecule has 0 bridgehead atoms. The summed E-state index contributed by atoms with van der Waals surface area (Å²) in [6, 6.07) is 3.04. The number of anilines is 2. The lowest BCUT2D eigenvalue weighted by Crippen LogP contribution is -2.21. The van der Waals surface area contributed by atoms with Crippen LogP contribution in [0.1, 0.15) is 6.42 Å². The second-order valence-electron chi connectivity index (χ2n) is 4.69. The van der Waals surface area contributed by atoms with E-state index in [-0.39, 0.29) is 17.5 Å². The van der Waals surface area contributed by atoms with Gasteiger partial charge in [0.15, 0.2) is 15.4 Å². The molecule has 1 atom stereocenters. The third-order valence-corrected chi connectivity index (χ3v) is 4.95. The highest BCUT2D eigenvalue weighted by molar-refractivity contribution is 7.91. The summed E-state index contributed by atoms with van der Waals surface area (Å²) in [5, 5.41) is 3.10. The lowest BCUT2D eigenvalue weighted by Gasteiger charge is -2.14. The predicted octanol–water partition coefficient (Wildman–Crippen LogP) is 0.302. The summed E-state index contributed by atoms with van der Waals surface area (Å²) in [6.07, 6.45) is 0.557. The number of oxazole rings is 1. The highest BCUT2D eigenvalue weighted by atomic mass is 32.2. The second-order valence-corrected chi connectivity index (χ2v) is 6.92. The number of sulfone groups is 1. The van der Waals surface area contributed by atoms with Gasteiger partial charge in [0.1, 0.15) is 0 Å². The van der Waals surface area contributed by atoms with Gasteiger partial charge in [-0.05, 0) is 12.5 Å². The van der Waals surface area contributed by atoms with Crippen LogP contribution in [0.3, 0.4) is 0 Å². The van der Waals surface area contributed by atoms with Gasteiger partial charge in [0, 0.05) is 12.1 Å². The Morgan fingerprint density at radius 1 is 1.42 bits per heavy atom. The van der Waals surface area contributed by atoms with Crippen molar-refractivity contribution in [2.24, 2.45) is 0 Å². The Morgan fingerprint density at radius 3 is 2.89 bits per heavy atom. The van der Waals surface area contributed by atoms with Gasteiger partial charge in [0.05, 0.1) is 28.4 Å². The first-order chi connectivity index (χ1) is 8.93. The monoisotopic (exact) mass is 283 g/mol. The molecular formula is C11H13N3O4S. The molecule has 1 aliphatic heterocycles. The van der Waals surface area contributed by atoms with Crippen molar-refractivity contribution in [1.29, 1.82) is 0 Å². The van der Waals surface area contributed by atoms with Gasteiger partial charge < -0.3 is 15.5 Å². The Bertz CT molecular complexity index is 790. The van der Waals surface area contributed by atoms with Crippen LogP contribution in [0.5, 0.6) is 0 Å². The molecule has 1 saturated heterocycles. The fraction of sp³-hybridized carbons (Fsp3) is 0.364. The predicted molar refractivity (Wildman–Crippen MR) is 71.9 cm³/mol. The molecule has 0 spiro atoms. The summed E-state index contributed by atoms with van der Waals surface area (Å²) in [5.74, 6) is -0.253. The molecule has 0 radical (unpaired) electrons. The molecule has 3 rings (SSSR count). The molecule has 8 heteroatoms. The number of nitrogens with two attached hydrogens (primary N) is 1. The molecule has 7 nitrogen and oxygen atoms in total.